The molecule has 2 aromatic rings. The average molecular weight is 306 g/mol. The summed E-state index contributed by atoms with van der Waals surface area (Å²) < 4.78 is 1.71. The van der Waals surface area contributed by atoms with Gasteiger partial charge < -0.3 is 0 Å². The van der Waals surface area contributed by atoms with E-state index in [1.165, 1.54) is 0 Å². The Bertz CT molecular complexity index is 482. The van der Waals surface area contributed by atoms with E-state index in [1.807, 2.05) is 18.2 Å². The lowest BCUT2D eigenvalue weighted by Crippen LogP contribution is -1.98. The Morgan fingerprint density at radius 3 is 2.73 bits per heavy atom. The van der Waals surface area contributed by atoms with Gasteiger partial charge in [-0.05, 0) is 12.1 Å². The minimum absolute atomic E-state index is 0.607. The number of nitrogens with zero attached hydrogens (tertiary/aromatic N) is 2. The fourth-order valence-corrected chi connectivity index (χ4v) is 2.45. The summed E-state index contributed by atoms with van der Waals surface area (Å²) in [7, 11) is 0. The van der Waals surface area contributed by atoms with Crippen LogP contribution in [0.25, 0.3) is 5.69 Å². The van der Waals surface area contributed by atoms with Gasteiger partial charge in [-0.15, -0.1) is 0 Å². The molecule has 0 saturated heterocycles. The van der Waals surface area contributed by atoms with E-state index in [0.29, 0.717) is 10.4 Å². The Hall–Kier alpha value is -0.510. The second kappa shape index (κ2) is 4.56. The molecule has 0 fully saturated rings. The van der Waals surface area contributed by atoms with Crippen molar-refractivity contribution in [2.75, 3.05) is 0 Å². The van der Waals surface area contributed by atoms with E-state index in [9.17, 15) is 0 Å². The van der Waals surface area contributed by atoms with Gasteiger partial charge in [-0.25, -0.2) is 4.68 Å². The van der Waals surface area contributed by atoms with Gasteiger partial charge in [0.1, 0.15) is 0 Å². The Kier molecular flexibility index (Phi) is 3.34. The van der Waals surface area contributed by atoms with Gasteiger partial charge in [-0.1, -0.05) is 45.2 Å². The maximum Gasteiger partial charge on any atom is 0.0790 e. The molecule has 1 aromatic heterocycles. The molecule has 1 heterocycles. The lowest BCUT2D eigenvalue weighted by atomic mass is 10.2. The molecule has 0 radical (unpaired) electrons. The van der Waals surface area contributed by atoms with E-state index in [-0.39, 0.29) is 0 Å². The summed E-state index contributed by atoms with van der Waals surface area (Å²) in [6.07, 6.45) is 3.35. The van der Waals surface area contributed by atoms with Crippen molar-refractivity contribution in [1.29, 1.82) is 0 Å². The average Bonchev–Trinajstić information content (AvgIpc) is 2.64. The Labute approximate surface area is 106 Å². The number of halogens is 3. The van der Waals surface area contributed by atoms with Gasteiger partial charge in [0.15, 0.2) is 0 Å². The molecule has 2 nitrogen and oxygen atoms in total. The predicted molar refractivity (Wildman–Crippen MR) is 66.2 cm³/mol. The summed E-state index contributed by atoms with van der Waals surface area (Å²) in [5, 5.41) is 6.15. The second-order valence-corrected chi connectivity index (χ2v) is 4.38. The molecule has 2 rings (SSSR count). The number of hydrogen-bond donors (Lipinski definition) is 0. The lowest BCUT2D eigenvalue weighted by Gasteiger charge is -2.08. The van der Waals surface area contributed by atoms with Crippen molar-refractivity contribution in [3.63, 3.8) is 0 Å². The van der Waals surface area contributed by atoms with Gasteiger partial charge >= 0.3 is 0 Å². The van der Waals surface area contributed by atoms with Crippen molar-refractivity contribution in [1.82, 2.24) is 9.78 Å². The van der Waals surface area contributed by atoms with E-state index in [0.717, 1.165) is 16.3 Å². The Morgan fingerprint density at radius 1 is 1.33 bits per heavy atom. The first-order chi connectivity index (χ1) is 7.22. The molecule has 0 unspecified atom stereocenters. The van der Waals surface area contributed by atoms with Crippen LogP contribution < -0.4 is 0 Å². The van der Waals surface area contributed by atoms with Crippen LogP contribution in [-0.2, 0) is 5.33 Å². The minimum atomic E-state index is 0.607. The van der Waals surface area contributed by atoms with E-state index < -0.39 is 0 Å². The molecule has 0 amide bonds. The molecule has 15 heavy (non-hydrogen) atoms. The maximum absolute atomic E-state index is 6.08. The van der Waals surface area contributed by atoms with Crippen LogP contribution >= 0.6 is 39.1 Å². The maximum atomic E-state index is 6.08. The standard InChI is InChI=1S/C10H7BrCl2N2/c11-4-8-9(13)2-1-3-10(8)15-6-7(12)5-14-15/h1-3,5-6H,4H2. The lowest BCUT2D eigenvalue weighted by molar-refractivity contribution is 0.872. The molecule has 5 heteroatoms. The topological polar surface area (TPSA) is 17.8 Å². The zero-order chi connectivity index (χ0) is 10.8. The fourth-order valence-electron chi connectivity index (χ4n) is 1.33. The van der Waals surface area contributed by atoms with Crippen molar-refractivity contribution in [3.8, 4) is 5.69 Å². The van der Waals surface area contributed by atoms with E-state index in [4.69, 9.17) is 23.2 Å². The first kappa shape index (κ1) is 11.0. The van der Waals surface area contributed by atoms with Crippen LogP contribution in [0.4, 0.5) is 0 Å². The van der Waals surface area contributed by atoms with Crippen LogP contribution in [0.2, 0.25) is 10.0 Å². The number of benzene rings is 1. The summed E-state index contributed by atoms with van der Waals surface area (Å²) in [5.74, 6) is 0. The van der Waals surface area contributed by atoms with Gasteiger partial charge in [0.05, 0.1) is 16.9 Å². The molecule has 1 aromatic carbocycles. The highest BCUT2D eigenvalue weighted by atomic mass is 79.9. The normalized spacial score (nSPS) is 10.6. The summed E-state index contributed by atoms with van der Waals surface area (Å²) in [4.78, 5) is 0. The summed E-state index contributed by atoms with van der Waals surface area (Å²) in [6, 6.07) is 5.69. The van der Waals surface area contributed by atoms with Crippen LogP contribution in [0.15, 0.2) is 30.6 Å². The first-order valence-corrected chi connectivity index (χ1v) is 6.14. The number of aromatic nitrogens is 2. The SMILES string of the molecule is Clc1cnn(-c2cccc(Cl)c2CBr)c1. The molecule has 0 N–H and O–H groups in total. The number of rotatable bonds is 2. The number of hydrogen-bond acceptors (Lipinski definition) is 1. The summed E-state index contributed by atoms with van der Waals surface area (Å²) >= 11 is 15.3. The summed E-state index contributed by atoms with van der Waals surface area (Å²) in [6.45, 7) is 0. The highest BCUT2D eigenvalue weighted by Gasteiger charge is 2.08. The fraction of sp³-hybridized carbons (Fsp3) is 0.100. The van der Waals surface area contributed by atoms with Crippen molar-refractivity contribution in [3.05, 3.63) is 46.2 Å². The van der Waals surface area contributed by atoms with Crippen LogP contribution in [0.1, 0.15) is 5.56 Å². The highest BCUT2D eigenvalue weighted by Crippen LogP contribution is 2.25. The van der Waals surface area contributed by atoms with E-state index in [1.54, 1.807) is 17.1 Å². The Balaban J connectivity index is 2.57. The third-order valence-electron chi connectivity index (χ3n) is 2.03. The van der Waals surface area contributed by atoms with Crippen LogP contribution in [-0.4, -0.2) is 9.78 Å². The zero-order valence-corrected chi connectivity index (χ0v) is 10.7. The molecule has 0 aliphatic heterocycles. The molecule has 0 bridgehead atoms. The van der Waals surface area contributed by atoms with Gasteiger partial charge in [0.25, 0.3) is 0 Å². The summed E-state index contributed by atoms with van der Waals surface area (Å²) in [5.41, 5.74) is 1.94. The molecule has 0 aliphatic carbocycles. The first-order valence-electron chi connectivity index (χ1n) is 4.26. The number of alkyl halides is 1. The van der Waals surface area contributed by atoms with Crippen LogP contribution in [0.3, 0.4) is 0 Å². The highest BCUT2D eigenvalue weighted by molar-refractivity contribution is 9.08. The van der Waals surface area contributed by atoms with Crippen molar-refractivity contribution in [2.24, 2.45) is 0 Å². The van der Waals surface area contributed by atoms with Gasteiger partial charge in [0, 0.05) is 22.1 Å². The largest absolute Gasteiger partial charge is 0.239 e. The monoisotopic (exact) mass is 304 g/mol. The third-order valence-corrected chi connectivity index (χ3v) is 3.14. The van der Waals surface area contributed by atoms with E-state index >= 15 is 0 Å². The van der Waals surface area contributed by atoms with Gasteiger partial charge in [-0.2, -0.15) is 5.10 Å². The zero-order valence-electron chi connectivity index (χ0n) is 7.62. The Morgan fingerprint density at radius 2 is 2.13 bits per heavy atom. The van der Waals surface area contributed by atoms with Gasteiger partial charge in [-0.3, -0.25) is 0 Å². The smallest absolute Gasteiger partial charge is 0.0790 e. The molecule has 0 saturated carbocycles. The molecular formula is C10H7BrCl2N2. The quantitative estimate of drug-likeness (QED) is 0.765. The van der Waals surface area contributed by atoms with Crippen LogP contribution in [0.5, 0.6) is 0 Å². The second-order valence-electron chi connectivity index (χ2n) is 2.97. The van der Waals surface area contributed by atoms with Crippen molar-refractivity contribution in [2.45, 2.75) is 5.33 Å². The molecule has 0 spiro atoms. The minimum Gasteiger partial charge on any atom is -0.239 e. The molecular weight excluding hydrogens is 299 g/mol. The van der Waals surface area contributed by atoms with Crippen LogP contribution in [0, 0.1) is 0 Å². The van der Waals surface area contributed by atoms with Crippen molar-refractivity contribution < 1.29 is 0 Å². The van der Waals surface area contributed by atoms with E-state index in [2.05, 4.69) is 21.0 Å². The molecule has 78 valence electrons. The predicted octanol–water partition coefficient (Wildman–Crippen LogP) is 4.07. The van der Waals surface area contributed by atoms with Crippen molar-refractivity contribution >= 4 is 39.1 Å². The molecule has 0 aliphatic rings. The third kappa shape index (κ3) is 2.19. The van der Waals surface area contributed by atoms with Gasteiger partial charge in [0.2, 0.25) is 0 Å². The molecule has 0 atom stereocenters.